The quantitative estimate of drug-likeness (QED) is 0.521. The normalized spacial score (nSPS) is 12.6. The largest absolute Gasteiger partial charge is 0.480 e. The number of nitrogens with zero attached hydrogens (tertiary/aromatic N) is 1. The fraction of sp³-hybridized carbons (Fsp3) is 0.136. The first-order valence-corrected chi connectivity index (χ1v) is 11.7. The van der Waals surface area contributed by atoms with Crippen LogP contribution in [0.25, 0.3) is 0 Å². The lowest BCUT2D eigenvalue weighted by atomic mass is 10.1. The van der Waals surface area contributed by atoms with Crippen molar-refractivity contribution in [2.45, 2.75) is 27.1 Å². The highest BCUT2D eigenvalue weighted by Gasteiger charge is 2.33. The number of benzene rings is 3. The molecule has 0 bridgehead atoms. The van der Waals surface area contributed by atoms with Crippen LogP contribution in [0, 0.1) is 0 Å². The zero-order valence-electron chi connectivity index (χ0n) is 16.1. The summed E-state index contributed by atoms with van der Waals surface area (Å²) in [6.07, 6.45) is 0.0364. The molecule has 0 radical (unpaired) electrons. The average molecular weight is 462 g/mol. The van der Waals surface area contributed by atoms with Crippen LogP contribution in [0.5, 0.6) is 0 Å². The van der Waals surface area contributed by atoms with Crippen LogP contribution >= 0.6 is 23.4 Å². The predicted molar refractivity (Wildman–Crippen MR) is 119 cm³/mol. The Balaban J connectivity index is 1.89. The number of carboxylic acid groups (broad SMARTS) is 1. The van der Waals surface area contributed by atoms with Crippen LogP contribution in [-0.2, 0) is 21.2 Å². The molecule has 8 heteroatoms. The van der Waals surface area contributed by atoms with Crippen molar-refractivity contribution >= 4 is 39.4 Å². The molecule has 0 saturated carbocycles. The number of carboxylic acids is 1. The van der Waals surface area contributed by atoms with Crippen molar-refractivity contribution < 1.29 is 18.3 Å². The molecule has 0 amide bonds. The molecule has 0 aliphatic heterocycles. The second-order valence-corrected chi connectivity index (χ2v) is 10.1. The first kappa shape index (κ1) is 22.4. The van der Waals surface area contributed by atoms with E-state index < -0.39 is 22.0 Å². The fourth-order valence-electron chi connectivity index (χ4n) is 2.91. The van der Waals surface area contributed by atoms with Crippen molar-refractivity contribution in [2.24, 2.45) is 0 Å². The Morgan fingerprint density at radius 1 is 1.00 bits per heavy atom. The van der Waals surface area contributed by atoms with Crippen LogP contribution in [-0.4, -0.2) is 36.9 Å². The van der Waals surface area contributed by atoms with Gasteiger partial charge in [0.1, 0.15) is 6.04 Å². The monoisotopic (exact) mass is 461 g/mol. The van der Waals surface area contributed by atoms with Gasteiger partial charge >= 0.3 is 5.97 Å². The summed E-state index contributed by atoms with van der Waals surface area (Å²) >= 11 is 7.35. The highest BCUT2D eigenvalue weighted by atomic mass is 35.5. The highest BCUT2D eigenvalue weighted by molar-refractivity contribution is 7.99. The summed E-state index contributed by atoms with van der Waals surface area (Å²) in [6.45, 7) is 0. The van der Waals surface area contributed by atoms with Crippen LogP contribution < -0.4 is 0 Å². The maximum Gasteiger partial charge on any atom is 0.322 e. The molecule has 3 aromatic rings. The number of sulfonamides is 1. The number of likely N-dealkylation sites (N-methyl/N-ethyl adjacent to an activating group) is 1. The van der Waals surface area contributed by atoms with E-state index in [1.807, 2.05) is 54.6 Å². The molecule has 0 heterocycles. The predicted octanol–water partition coefficient (Wildman–Crippen LogP) is 4.81. The molecular weight excluding hydrogens is 442 g/mol. The van der Waals surface area contributed by atoms with Gasteiger partial charge in [-0.05, 0) is 48.0 Å². The molecule has 5 nitrogen and oxygen atoms in total. The minimum absolute atomic E-state index is 0.00686. The molecule has 0 spiro atoms. The Hall–Kier alpha value is -2.32. The van der Waals surface area contributed by atoms with E-state index in [9.17, 15) is 18.3 Å². The van der Waals surface area contributed by atoms with E-state index in [1.54, 1.807) is 0 Å². The third-order valence-electron chi connectivity index (χ3n) is 4.57. The highest BCUT2D eigenvalue weighted by Crippen LogP contribution is 2.31. The van der Waals surface area contributed by atoms with E-state index in [1.165, 1.54) is 43.1 Å². The summed E-state index contributed by atoms with van der Waals surface area (Å²) in [5.74, 6) is -1.21. The zero-order chi connectivity index (χ0) is 21.7. The third kappa shape index (κ3) is 5.23. The molecule has 0 saturated heterocycles. The molecule has 0 aliphatic rings. The molecule has 0 unspecified atom stereocenters. The van der Waals surface area contributed by atoms with Crippen LogP contribution in [0.3, 0.4) is 0 Å². The molecule has 1 N–H and O–H groups in total. The van der Waals surface area contributed by atoms with Gasteiger partial charge in [-0.1, -0.05) is 59.8 Å². The minimum atomic E-state index is -4.00. The summed E-state index contributed by atoms with van der Waals surface area (Å²) in [5, 5.41) is 10.2. The van der Waals surface area contributed by atoms with Crippen LogP contribution in [0.1, 0.15) is 5.56 Å². The van der Waals surface area contributed by atoms with Gasteiger partial charge in [0.15, 0.2) is 0 Å². The van der Waals surface area contributed by atoms with Gasteiger partial charge in [0.25, 0.3) is 0 Å². The van der Waals surface area contributed by atoms with Crippen molar-refractivity contribution in [1.82, 2.24) is 4.31 Å². The summed E-state index contributed by atoms with van der Waals surface area (Å²) in [5.41, 5.74) is 0.761. The first-order chi connectivity index (χ1) is 14.3. The number of hydrogen-bond acceptors (Lipinski definition) is 4. The van der Waals surface area contributed by atoms with E-state index in [0.717, 1.165) is 19.7 Å². The SMILES string of the molecule is CN([C@@H](Cc1ccccc1Sc1ccccc1)C(=O)O)S(=O)(=O)c1ccc(Cl)cc1. The molecule has 1 atom stereocenters. The maximum atomic E-state index is 13.0. The van der Waals surface area contributed by atoms with Crippen molar-refractivity contribution in [3.63, 3.8) is 0 Å². The summed E-state index contributed by atoms with van der Waals surface area (Å²) in [7, 11) is -2.72. The van der Waals surface area contributed by atoms with Crippen molar-refractivity contribution in [3.8, 4) is 0 Å². The van der Waals surface area contributed by atoms with Crippen molar-refractivity contribution in [2.75, 3.05) is 7.05 Å². The second-order valence-electron chi connectivity index (χ2n) is 6.56. The lowest BCUT2D eigenvalue weighted by Crippen LogP contribution is -2.43. The summed E-state index contributed by atoms with van der Waals surface area (Å²) < 4.78 is 26.8. The Morgan fingerprint density at radius 2 is 1.60 bits per heavy atom. The van der Waals surface area contributed by atoms with Gasteiger partial charge in [-0.3, -0.25) is 4.79 Å². The summed E-state index contributed by atoms with van der Waals surface area (Å²) in [6, 6.07) is 21.5. The fourth-order valence-corrected chi connectivity index (χ4v) is 5.32. The van der Waals surface area contributed by atoms with Crippen LogP contribution in [0.4, 0.5) is 0 Å². The number of hydrogen-bond donors (Lipinski definition) is 1. The molecule has 0 aliphatic carbocycles. The van der Waals surface area contributed by atoms with E-state index in [4.69, 9.17) is 11.6 Å². The topological polar surface area (TPSA) is 74.7 Å². The molecule has 3 rings (SSSR count). The Bertz CT molecular complexity index is 1120. The number of halogens is 1. The zero-order valence-corrected chi connectivity index (χ0v) is 18.5. The molecule has 156 valence electrons. The number of carbonyl (C=O) groups is 1. The van der Waals surface area contributed by atoms with Gasteiger partial charge in [0.05, 0.1) is 4.90 Å². The Morgan fingerprint density at radius 3 is 2.23 bits per heavy atom. The van der Waals surface area contributed by atoms with Crippen molar-refractivity contribution in [1.29, 1.82) is 0 Å². The van der Waals surface area contributed by atoms with Crippen LogP contribution in [0.15, 0.2) is 93.5 Å². The minimum Gasteiger partial charge on any atom is -0.480 e. The lowest BCUT2D eigenvalue weighted by molar-refractivity contribution is -0.141. The van der Waals surface area contributed by atoms with Gasteiger partial charge < -0.3 is 5.11 Å². The lowest BCUT2D eigenvalue weighted by Gasteiger charge is -2.25. The molecule has 0 aromatic heterocycles. The average Bonchev–Trinajstić information content (AvgIpc) is 2.73. The molecule has 30 heavy (non-hydrogen) atoms. The Labute approximate surface area is 185 Å². The standard InChI is InChI=1S/C22H20ClNO4S2/c1-24(30(27,28)19-13-11-17(23)12-14-19)20(22(25)26)15-16-7-5-6-10-21(16)29-18-8-3-2-4-9-18/h2-14,20H,15H2,1H3,(H,25,26)/t20-/m0/s1. The number of aliphatic carboxylic acids is 1. The Kier molecular flexibility index (Phi) is 7.20. The first-order valence-electron chi connectivity index (χ1n) is 9.06. The van der Waals surface area contributed by atoms with Gasteiger partial charge in [0, 0.05) is 28.3 Å². The van der Waals surface area contributed by atoms with E-state index >= 15 is 0 Å². The maximum absolute atomic E-state index is 13.0. The molecule has 0 fully saturated rings. The van der Waals surface area contributed by atoms with Crippen molar-refractivity contribution in [3.05, 3.63) is 89.4 Å². The third-order valence-corrected chi connectivity index (χ3v) is 7.83. The van der Waals surface area contributed by atoms with E-state index in [0.29, 0.717) is 5.02 Å². The second kappa shape index (κ2) is 9.66. The van der Waals surface area contributed by atoms with Gasteiger partial charge in [-0.2, -0.15) is 4.31 Å². The van der Waals surface area contributed by atoms with Gasteiger partial charge in [-0.25, -0.2) is 8.42 Å². The van der Waals surface area contributed by atoms with Gasteiger partial charge in [0.2, 0.25) is 10.0 Å². The molecule has 3 aromatic carbocycles. The van der Waals surface area contributed by atoms with E-state index in [2.05, 4.69) is 0 Å². The molecular formula is C22H20ClNO4S2. The van der Waals surface area contributed by atoms with Crippen LogP contribution in [0.2, 0.25) is 5.02 Å². The van der Waals surface area contributed by atoms with E-state index in [-0.39, 0.29) is 11.3 Å². The van der Waals surface area contributed by atoms with Gasteiger partial charge in [-0.15, -0.1) is 0 Å². The number of rotatable bonds is 8. The smallest absolute Gasteiger partial charge is 0.322 e. The summed E-state index contributed by atoms with van der Waals surface area (Å²) in [4.78, 5) is 13.9.